The number of carbonyl (C=O) groups excluding carboxylic acids is 3. The lowest BCUT2D eigenvalue weighted by Crippen LogP contribution is -2.52. The van der Waals surface area contributed by atoms with Crippen molar-refractivity contribution in [3.63, 3.8) is 0 Å². The topological polar surface area (TPSA) is 140 Å². The highest BCUT2D eigenvalue weighted by Crippen LogP contribution is 2.36. The normalized spacial score (nSPS) is 18.8. The van der Waals surface area contributed by atoms with Crippen molar-refractivity contribution >= 4 is 23.4 Å². The van der Waals surface area contributed by atoms with Gasteiger partial charge < -0.3 is 26.6 Å². The van der Waals surface area contributed by atoms with E-state index >= 15 is 0 Å². The number of anilines is 1. The van der Waals surface area contributed by atoms with Crippen molar-refractivity contribution in [2.75, 3.05) is 38.5 Å². The Hall–Kier alpha value is -3.24. The number of primary amides is 1. The van der Waals surface area contributed by atoms with Crippen molar-refractivity contribution < 1.29 is 14.4 Å². The van der Waals surface area contributed by atoms with Crippen molar-refractivity contribution in [3.8, 4) is 0 Å². The van der Waals surface area contributed by atoms with E-state index in [1.165, 1.54) is 12.8 Å². The van der Waals surface area contributed by atoms with Crippen LogP contribution < -0.4 is 16.8 Å². The number of piperazine rings is 1. The van der Waals surface area contributed by atoms with Crippen molar-refractivity contribution in [3.05, 3.63) is 47.3 Å². The number of nitrogens with one attached hydrogen (secondary N) is 1. The van der Waals surface area contributed by atoms with Crippen molar-refractivity contribution in [2.24, 2.45) is 17.4 Å². The molecule has 2 aliphatic rings. The van der Waals surface area contributed by atoms with Crippen LogP contribution in [0.2, 0.25) is 0 Å². The molecule has 1 aromatic carbocycles. The third-order valence-corrected chi connectivity index (χ3v) is 8.28. The van der Waals surface area contributed by atoms with Gasteiger partial charge in [0.1, 0.15) is 5.69 Å². The van der Waals surface area contributed by atoms with Crippen molar-refractivity contribution in [1.29, 1.82) is 0 Å². The van der Waals surface area contributed by atoms with E-state index in [0.717, 1.165) is 44.3 Å². The van der Waals surface area contributed by atoms with Crippen LogP contribution in [0.4, 0.5) is 5.69 Å². The molecule has 10 nitrogen and oxygen atoms in total. The Kier molecular flexibility index (Phi) is 9.97. The number of hydrogen-bond acceptors (Lipinski definition) is 6. The number of hydrogen-bond donors (Lipinski definition) is 3. The SMILES string of the molecule is CC(C)n1nc([C@@H](C(=O)Nc2ccc(C[C@@H](N)C(=O)N3CCN(C)CC3)cc2)C2CCCCCC2)cc1C(N)=O. The summed E-state index contributed by atoms with van der Waals surface area (Å²) in [4.78, 5) is 42.8. The first-order valence-electron chi connectivity index (χ1n) is 14.7. The lowest BCUT2D eigenvalue weighted by atomic mass is 9.83. The second-order valence-electron chi connectivity index (χ2n) is 11.7. The number of rotatable bonds is 9. The predicted octanol–water partition coefficient (Wildman–Crippen LogP) is 2.90. The van der Waals surface area contributed by atoms with Crippen LogP contribution in [0, 0.1) is 5.92 Å². The van der Waals surface area contributed by atoms with E-state index < -0.39 is 17.9 Å². The van der Waals surface area contributed by atoms with E-state index in [0.29, 0.717) is 36.6 Å². The number of amides is 3. The zero-order valence-corrected chi connectivity index (χ0v) is 24.1. The van der Waals surface area contributed by atoms with Crippen LogP contribution >= 0.6 is 0 Å². The van der Waals surface area contributed by atoms with Gasteiger partial charge in [-0.05, 0) is 69.8 Å². The van der Waals surface area contributed by atoms with Gasteiger partial charge in [-0.1, -0.05) is 37.8 Å². The van der Waals surface area contributed by atoms with Gasteiger partial charge in [-0.2, -0.15) is 5.10 Å². The fraction of sp³-hybridized carbons (Fsp3) is 0.600. The minimum Gasteiger partial charge on any atom is -0.364 e. The molecule has 1 saturated carbocycles. The smallest absolute Gasteiger partial charge is 0.266 e. The highest BCUT2D eigenvalue weighted by Gasteiger charge is 2.34. The first-order chi connectivity index (χ1) is 19.1. The second-order valence-corrected chi connectivity index (χ2v) is 11.7. The summed E-state index contributed by atoms with van der Waals surface area (Å²) in [6.07, 6.45) is 6.80. The molecule has 3 amide bonds. The van der Waals surface area contributed by atoms with Gasteiger partial charge in [0.15, 0.2) is 0 Å². The Morgan fingerprint density at radius 2 is 1.62 bits per heavy atom. The van der Waals surface area contributed by atoms with Gasteiger partial charge in [0.05, 0.1) is 17.7 Å². The third-order valence-electron chi connectivity index (χ3n) is 8.28. The van der Waals surface area contributed by atoms with Gasteiger partial charge in [0, 0.05) is 37.9 Å². The van der Waals surface area contributed by atoms with Crippen LogP contribution in [0.5, 0.6) is 0 Å². The highest BCUT2D eigenvalue weighted by molar-refractivity contribution is 5.97. The molecule has 1 aliphatic carbocycles. The van der Waals surface area contributed by atoms with Gasteiger partial charge >= 0.3 is 0 Å². The summed E-state index contributed by atoms with van der Waals surface area (Å²) in [6.45, 7) is 7.00. The van der Waals surface area contributed by atoms with E-state index in [-0.39, 0.29) is 23.8 Å². The van der Waals surface area contributed by atoms with Gasteiger partial charge in [-0.25, -0.2) is 0 Å². The number of nitrogens with zero attached hydrogens (tertiary/aromatic N) is 4. The average Bonchev–Trinajstić information content (AvgIpc) is 3.20. The van der Waals surface area contributed by atoms with E-state index in [9.17, 15) is 14.4 Å². The summed E-state index contributed by atoms with van der Waals surface area (Å²) in [6, 6.07) is 8.56. The van der Waals surface area contributed by atoms with Crippen LogP contribution in [0.3, 0.4) is 0 Å². The molecular formula is C30H45N7O3. The summed E-state index contributed by atoms with van der Waals surface area (Å²) in [5.41, 5.74) is 14.5. The molecule has 1 aromatic heterocycles. The van der Waals surface area contributed by atoms with E-state index in [1.54, 1.807) is 10.7 Å². The predicted molar refractivity (Wildman–Crippen MR) is 156 cm³/mol. The second kappa shape index (κ2) is 13.4. The molecule has 4 rings (SSSR count). The molecule has 1 aliphatic heterocycles. The molecule has 2 aromatic rings. The molecule has 2 heterocycles. The molecule has 0 unspecified atom stereocenters. The Balaban J connectivity index is 1.47. The molecule has 218 valence electrons. The molecule has 0 radical (unpaired) electrons. The molecule has 0 spiro atoms. The molecule has 5 N–H and O–H groups in total. The largest absolute Gasteiger partial charge is 0.364 e. The zero-order valence-electron chi connectivity index (χ0n) is 24.1. The number of likely N-dealkylation sites (N-methyl/N-ethyl adjacent to an activating group) is 1. The van der Waals surface area contributed by atoms with E-state index in [4.69, 9.17) is 16.6 Å². The van der Waals surface area contributed by atoms with Crippen LogP contribution in [0.15, 0.2) is 30.3 Å². The Morgan fingerprint density at radius 3 is 2.17 bits per heavy atom. The molecule has 1 saturated heterocycles. The Morgan fingerprint density at radius 1 is 1.00 bits per heavy atom. The summed E-state index contributed by atoms with van der Waals surface area (Å²) < 4.78 is 1.62. The first-order valence-corrected chi connectivity index (χ1v) is 14.7. The number of benzene rings is 1. The minimum absolute atomic E-state index is 0.0205. The van der Waals surface area contributed by atoms with Crippen LogP contribution in [-0.2, 0) is 16.0 Å². The summed E-state index contributed by atoms with van der Waals surface area (Å²) in [7, 11) is 2.05. The number of aromatic nitrogens is 2. The number of carbonyl (C=O) groups is 3. The van der Waals surface area contributed by atoms with Crippen molar-refractivity contribution in [1.82, 2.24) is 19.6 Å². The molecule has 0 bridgehead atoms. The fourth-order valence-corrected chi connectivity index (χ4v) is 5.92. The summed E-state index contributed by atoms with van der Waals surface area (Å²) >= 11 is 0. The van der Waals surface area contributed by atoms with Crippen LogP contribution in [0.1, 0.15) is 86.1 Å². The maximum atomic E-state index is 13.8. The molecule has 10 heteroatoms. The van der Waals surface area contributed by atoms with Gasteiger partial charge in [0.2, 0.25) is 11.8 Å². The van der Waals surface area contributed by atoms with Crippen molar-refractivity contribution in [2.45, 2.75) is 76.8 Å². The molecule has 40 heavy (non-hydrogen) atoms. The molecule has 2 fully saturated rings. The standard InChI is InChI=1S/C30H45N7O3/c1-20(2)37-26(28(32)38)19-25(34-37)27(22-8-6-4-5-7-9-22)29(39)33-23-12-10-21(11-13-23)18-24(31)30(40)36-16-14-35(3)15-17-36/h10-13,19-20,22,24,27H,4-9,14-18,31H2,1-3H3,(H2,32,38)(H,33,39)/t24-,27+/m1/s1. The fourth-order valence-electron chi connectivity index (χ4n) is 5.92. The summed E-state index contributed by atoms with van der Waals surface area (Å²) in [5, 5.41) is 7.80. The number of nitrogens with two attached hydrogens (primary N) is 2. The lowest BCUT2D eigenvalue weighted by Gasteiger charge is -2.33. The molecule has 2 atom stereocenters. The molecular weight excluding hydrogens is 506 g/mol. The highest BCUT2D eigenvalue weighted by atomic mass is 16.2. The third kappa shape index (κ3) is 7.28. The zero-order chi connectivity index (χ0) is 28.8. The maximum Gasteiger partial charge on any atom is 0.266 e. The monoisotopic (exact) mass is 551 g/mol. The quantitative estimate of drug-likeness (QED) is 0.410. The Bertz CT molecular complexity index is 1160. The van der Waals surface area contributed by atoms with Crippen LogP contribution in [0.25, 0.3) is 0 Å². The average molecular weight is 552 g/mol. The van der Waals surface area contributed by atoms with Gasteiger partial charge in [0.25, 0.3) is 5.91 Å². The maximum absolute atomic E-state index is 13.8. The lowest BCUT2D eigenvalue weighted by molar-refractivity contribution is -0.134. The van der Waals surface area contributed by atoms with Gasteiger partial charge in [-0.3, -0.25) is 19.1 Å². The minimum atomic E-state index is -0.598. The van der Waals surface area contributed by atoms with Crippen LogP contribution in [-0.4, -0.2) is 76.6 Å². The Labute approximate surface area is 237 Å². The first kappa shape index (κ1) is 29.7. The van der Waals surface area contributed by atoms with E-state index in [1.807, 2.05) is 43.0 Å². The summed E-state index contributed by atoms with van der Waals surface area (Å²) in [5.74, 6) is -1.05. The van der Waals surface area contributed by atoms with Gasteiger partial charge in [-0.15, -0.1) is 0 Å². The van der Waals surface area contributed by atoms with E-state index in [2.05, 4.69) is 17.3 Å².